The first-order chi connectivity index (χ1) is 14.2. The Kier molecular flexibility index (Phi) is 4.24. The summed E-state index contributed by atoms with van der Waals surface area (Å²) in [5.41, 5.74) is 5.45. The highest BCUT2D eigenvalue weighted by atomic mass is 16.5. The molecule has 0 spiro atoms. The molecule has 1 amide bonds. The number of hydrogen-bond donors (Lipinski definition) is 0. The van der Waals surface area contributed by atoms with Crippen molar-refractivity contribution in [1.29, 1.82) is 0 Å². The zero-order valence-corrected chi connectivity index (χ0v) is 16.1. The summed E-state index contributed by atoms with van der Waals surface area (Å²) >= 11 is 0. The molecule has 0 saturated heterocycles. The van der Waals surface area contributed by atoms with Gasteiger partial charge in [-0.05, 0) is 54.4 Å². The van der Waals surface area contributed by atoms with Gasteiger partial charge in [-0.2, -0.15) is 0 Å². The molecule has 2 heterocycles. The second-order valence-corrected chi connectivity index (χ2v) is 7.14. The van der Waals surface area contributed by atoms with E-state index in [-0.39, 0.29) is 5.91 Å². The van der Waals surface area contributed by atoms with Crippen molar-refractivity contribution in [1.82, 2.24) is 4.98 Å². The quantitative estimate of drug-likeness (QED) is 0.496. The smallest absolute Gasteiger partial charge is 0.259 e. The van der Waals surface area contributed by atoms with Crippen LogP contribution in [0, 0.1) is 0 Å². The zero-order chi connectivity index (χ0) is 19.8. The number of pyridine rings is 1. The minimum Gasteiger partial charge on any atom is -0.497 e. The molecule has 1 aliphatic heterocycles. The number of anilines is 1. The van der Waals surface area contributed by atoms with Crippen molar-refractivity contribution in [2.45, 2.75) is 6.42 Å². The molecular weight excluding hydrogens is 360 g/mol. The van der Waals surface area contributed by atoms with Crippen LogP contribution in [0.1, 0.15) is 15.9 Å². The topological polar surface area (TPSA) is 42.4 Å². The molecule has 5 rings (SSSR count). The molecule has 0 fully saturated rings. The molecule has 0 radical (unpaired) electrons. The van der Waals surface area contributed by atoms with E-state index in [9.17, 15) is 4.79 Å². The van der Waals surface area contributed by atoms with E-state index < -0.39 is 0 Å². The van der Waals surface area contributed by atoms with Gasteiger partial charge in [0, 0.05) is 23.2 Å². The molecule has 3 aromatic carbocycles. The van der Waals surface area contributed by atoms with Gasteiger partial charge in [0.15, 0.2) is 0 Å². The van der Waals surface area contributed by atoms with Crippen LogP contribution in [0.3, 0.4) is 0 Å². The average molecular weight is 380 g/mol. The molecule has 142 valence electrons. The first kappa shape index (κ1) is 17.4. The molecule has 4 nitrogen and oxygen atoms in total. The second kappa shape index (κ2) is 7.06. The van der Waals surface area contributed by atoms with E-state index in [2.05, 4.69) is 6.07 Å². The molecule has 0 atom stereocenters. The molecule has 0 saturated carbocycles. The van der Waals surface area contributed by atoms with Crippen molar-refractivity contribution in [3.8, 4) is 17.0 Å². The Morgan fingerprint density at radius 2 is 1.72 bits per heavy atom. The fourth-order valence-corrected chi connectivity index (χ4v) is 3.96. The third-order valence-corrected chi connectivity index (χ3v) is 5.46. The second-order valence-electron chi connectivity index (χ2n) is 7.14. The summed E-state index contributed by atoms with van der Waals surface area (Å²) in [5, 5.41) is 0.874. The fraction of sp³-hybridized carbons (Fsp3) is 0.120. The number of nitrogens with zero attached hydrogens (tertiary/aromatic N) is 2. The minimum atomic E-state index is 0.0170. The third-order valence-electron chi connectivity index (χ3n) is 5.46. The van der Waals surface area contributed by atoms with Crippen molar-refractivity contribution >= 4 is 22.5 Å². The van der Waals surface area contributed by atoms with Gasteiger partial charge in [-0.1, -0.05) is 36.4 Å². The van der Waals surface area contributed by atoms with Crippen molar-refractivity contribution in [2.75, 3.05) is 18.6 Å². The molecule has 1 aliphatic rings. The summed E-state index contributed by atoms with van der Waals surface area (Å²) < 4.78 is 5.26. The Bertz CT molecular complexity index is 1220. The first-order valence-electron chi connectivity index (χ1n) is 9.68. The number of aromatic nitrogens is 1. The summed E-state index contributed by atoms with van der Waals surface area (Å²) in [4.78, 5) is 20.3. The van der Waals surface area contributed by atoms with Gasteiger partial charge in [0.2, 0.25) is 0 Å². The number of methoxy groups -OCH3 is 1. The minimum absolute atomic E-state index is 0.0170. The number of carbonyl (C=O) groups is 1. The van der Waals surface area contributed by atoms with Crippen LogP contribution in [-0.2, 0) is 6.42 Å². The van der Waals surface area contributed by atoms with Crippen LogP contribution in [0.15, 0.2) is 78.9 Å². The fourth-order valence-electron chi connectivity index (χ4n) is 3.96. The lowest BCUT2D eigenvalue weighted by atomic mass is 10.0. The van der Waals surface area contributed by atoms with Gasteiger partial charge in [-0.3, -0.25) is 4.79 Å². The van der Waals surface area contributed by atoms with E-state index in [0.29, 0.717) is 12.1 Å². The van der Waals surface area contributed by atoms with Gasteiger partial charge in [0.25, 0.3) is 5.91 Å². The Morgan fingerprint density at radius 1 is 0.966 bits per heavy atom. The van der Waals surface area contributed by atoms with Crippen molar-refractivity contribution in [3.05, 3.63) is 90.0 Å². The molecule has 4 heteroatoms. The van der Waals surface area contributed by atoms with Crippen LogP contribution in [0.2, 0.25) is 0 Å². The summed E-state index contributed by atoms with van der Waals surface area (Å²) in [6, 6.07) is 25.6. The number of hydrogen-bond acceptors (Lipinski definition) is 3. The number of ether oxygens (including phenoxy) is 1. The lowest BCUT2D eigenvalue weighted by molar-refractivity contribution is 0.0991. The first-order valence-corrected chi connectivity index (χ1v) is 9.68. The van der Waals surface area contributed by atoms with Crippen LogP contribution >= 0.6 is 0 Å². The van der Waals surface area contributed by atoms with Gasteiger partial charge < -0.3 is 9.64 Å². The maximum atomic E-state index is 13.6. The normalized spacial score (nSPS) is 12.8. The maximum absolute atomic E-state index is 13.6. The van der Waals surface area contributed by atoms with Crippen molar-refractivity contribution in [2.24, 2.45) is 0 Å². The summed E-state index contributed by atoms with van der Waals surface area (Å²) in [7, 11) is 1.65. The van der Waals surface area contributed by atoms with Gasteiger partial charge in [0.1, 0.15) is 5.75 Å². The largest absolute Gasteiger partial charge is 0.497 e. The monoisotopic (exact) mass is 380 g/mol. The molecular formula is C25H20N2O2. The Hall–Kier alpha value is -3.66. The highest BCUT2D eigenvalue weighted by Gasteiger charge is 2.27. The molecule has 4 aromatic rings. The lowest BCUT2D eigenvalue weighted by Gasteiger charge is -2.19. The average Bonchev–Trinajstić information content (AvgIpc) is 3.22. The van der Waals surface area contributed by atoms with E-state index in [1.807, 2.05) is 77.7 Å². The van der Waals surface area contributed by atoms with Crippen LogP contribution in [0.4, 0.5) is 5.69 Å². The van der Waals surface area contributed by atoms with E-state index >= 15 is 0 Å². The number of carbonyl (C=O) groups excluding carboxylic acids is 1. The molecule has 0 N–H and O–H groups in total. The van der Waals surface area contributed by atoms with Crippen LogP contribution < -0.4 is 9.64 Å². The standard InChI is InChI=1S/C25H20N2O2/c1-29-19-12-10-17(11-13-19)23-16-21(20-7-3-4-8-22(20)26-23)25(28)27-15-14-18-6-2-5-9-24(18)27/h2-13,16H,14-15H2,1H3. The van der Waals surface area contributed by atoms with Crippen LogP contribution in [-0.4, -0.2) is 24.5 Å². The van der Waals surface area contributed by atoms with Gasteiger partial charge in [0.05, 0.1) is 23.9 Å². The van der Waals surface area contributed by atoms with Crippen molar-refractivity contribution in [3.63, 3.8) is 0 Å². The summed E-state index contributed by atoms with van der Waals surface area (Å²) in [5.74, 6) is 0.808. The van der Waals surface area contributed by atoms with E-state index in [1.54, 1.807) is 7.11 Å². The number of rotatable bonds is 3. The van der Waals surface area contributed by atoms with Crippen LogP contribution in [0.5, 0.6) is 5.75 Å². The number of fused-ring (bicyclic) bond motifs is 2. The molecule has 1 aromatic heterocycles. The molecule has 0 aliphatic carbocycles. The highest BCUT2D eigenvalue weighted by molar-refractivity contribution is 6.15. The molecule has 29 heavy (non-hydrogen) atoms. The zero-order valence-electron chi connectivity index (χ0n) is 16.1. The van der Waals surface area contributed by atoms with E-state index in [0.717, 1.165) is 40.0 Å². The van der Waals surface area contributed by atoms with E-state index in [1.165, 1.54) is 5.56 Å². The van der Waals surface area contributed by atoms with Crippen molar-refractivity contribution < 1.29 is 9.53 Å². The van der Waals surface area contributed by atoms with Gasteiger partial charge >= 0.3 is 0 Å². The van der Waals surface area contributed by atoms with Gasteiger partial charge in [-0.25, -0.2) is 4.98 Å². The SMILES string of the molecule is COc1ccc(-c2cc(C(=O)N3CCc4ccccc43)c3ccccc3n2)cc1. The number of para-hydroxylation sites is 2. The molecule has 0 bridgehead atoms. The molecule has 0 unspecified atom stereocenters. The Morgan fingerprint density at radius 3 is 2.55 bits per heavy atom. The Balaban J connectivity index is 1.63. The summed E-state index contributed by atoms with van der Waals surface area (Å²) in [6.45, 7) is 0.701. The number of amides is 1. The highest BCUT2D eigenvalue weighted by Crippen LogP contribution is 2.32. The lowest BCUT2D eigenvalue weighted by Crippen LogP contribution is -2.29. The predicted molar refractivity (Wildman–Crippen MR) is 116 cm³/mol. The van der Waals surface area contributed by atoms with Crippen LogP contribution in [0.25, 0.3) is 22.2 Å². The Labute approximate surface area is 169 Å². The predicted octanol–water partition coefficient (Wildman–Crippen LogP) is 5.11. The number of benzene rings is 3. The summed E-state index contributed by atoms with van der Waals surface area (Å²) in [6.07, 6.45) is 0.885. The van der Waals surface area contributed by atoms with E-state index in [4.69, 9.17) is 9.72 Å². The maximum Gasteiger partial charge on any atom is 0.259 e. The van der Waals surface area contributed by atoms with Gasteiger partial charge in [-0.15, -0.1) is 0 Å². The third kappa shape index (κ3) is 3.03.